The van der Waals surface area contributed by atoms with Crippen molar-refractivity contribution < 1.29 is 14.2 Å². The van der Waals surface area contributed by atoms with Crippen molar-refractivity contribution >= 4 is 0 Å². The number of hydrogen-bond donors (Lipinski definition) is 0. The maximum atomic E-state index is 5.59. The van der Waals surface area contributed by atoms with E-state index in [9.17, 15) is 0 Å². The van der Waals surface area contributed by atoms with Gasteiger partial charge in [-0.1, -0.05) is 6.08 Å². The van der Waals surface area contributed by atoms with Crippen LogP contribution in [-0.4, -0.2) is 18.2 Å². The Labute approximate surface area is 78.0 Å². The van der Waals surface area contributed by atoms with E-state index in [4.69, 9.17) is 14.2 Å². The van der Waals surface area contributed by atoms with Crippen molar-refractivity contribution in [1.29, 1.82) is 0 Å². The molecule has 72 valence electrons. The van der Waals surface area contributed by atoms with Gasteiger partial charge in [0.1, 0.15) is 11.9 Å². The molecule has 0 radical (unpaired) electrons. The van der Waals surface area contributed by atoms with Gasteiger partial charge in [-0.25, -0.2) is 0 Å². The summed E-state index contributed by atoms with van der Waals surface area (Å²) in [5.41, 5.74) is 0. The second-order valence-corrected chi connectivity index (χ2v) is 3.66. The van der Waals surface area contributed by atoms with Crippen LogP contribution in [0, 0.1) is 0 Å². The molecule has 3 heteroatoms. The third kappa shape index (κ3) is 1.62. The fourth-order valence-electron chi connectivity index (χ4n) is 1.56. The molecule has 1 fully saturated rings. The lowest BCUT2D eigenvalue weighted by Gasteiger charge is -2.17. The van der Waals surface area contributed by atoms with Crippen molar-refractivity contribution in [2.24, 2.45) is 0 Å². The highest BCUT2D eigenvalue weighted by molar-refractivity contribution is 5.19. The molecule has 0 bridgehead atoms. The number of rotatable bonds is 1. The molecule has 2 rings (SSSR count). The topological polar surface area (TPSA) is 27.7 Å². The fraction of sp³-hybridized carbons (Fsp3) is 0.600. The van der Waals surface area contributed by atoms with Gasteiger partial charge in [0.15, 0.2) is 5.79 Å². The van der Waals surface area contributed by atoms with Crippen LogP contribution in [0.3, 0.4) is 0 Å². The van der Waals surface area contributed by atoms with E-state index < -0.39 is 5.79 Å². The Morgan fingerprint density at radius 3 is 2.77 bits per heavy atom. The van der Waals surface area contributed by atoms with Crippen LogP contribution in [0.15, 0.2) is 24.0 Å². The van der Waals surface area contributed by atoms with E-state index in [0.717, 1.165) is 5.76 Å². The lowest BCUT2D eigenvalue weighted by atomic mass is 10.3. The summed E-state index contributed by atoms with van der Waals surface area (Å²) < 4.78 is 16.6. The summed E-state index contributed by atoms with van der Waals surface area (Å²) in [6.45, 7) is 5.72. The van der Waals surface area contributed by atoms with E-state index in [1.54, 1.807) is 0 Å². The Balaban J connectivity index is 2.08. The summed E-state index contributed by atoms with van der Waals surface area (Å²) in [4.78, 5) is 0. The molecule has 0 aromatic heterocycles. The van der Waals surface area contributed by atoms with Crippen LogP contribution in [0.2, 0.25) is 0 Å². The van der Waals surface area contributed by atoms with Gasteiger partial charge in [0.05, 0.1) is 0 Å². The van der Waals surface area contributed by atoms with E-state index in [-0.39, 0.29) is 12.4 Å². The molecule has 2 aliphatic rings. The summed E-state index contributed by atoms with van der Waals surface area (Å²) in [6.07, 6.45) is 5.46. The first kappa shape index (κ1) is 8.78. The van der Waals surface area contributed by atoms with Crippen LogP contribution in [0.25, 0.3) is 0 Å². The first-order valence-corrected chi connectivity index (χ1v) is 4.47. The zero-order chi connectivity index (χ0) is 9.47. The van der Waals surface area contributed by atoms with Crippen molar-refractivity contribution in [2.75, 3.05) is 0 Å². The minimum atomic E-state index is -0.521. The molecule has 0 unspecified atom stereocenters. The van der Waals surface area contributed by atoms with E-state index in [2.05, 4.69) is 0 Å². The van der Waals surface area contributed by atoms with Crippen molar-refractivity contribution in [1.82, 2.24) is 0 Å². The number of ether oxygens (including phenoxy) is 3. The molecule has 0 spiro atoms. The zero-order valence-electron chi connectivity index (χ0n) is 8.11. The quantitative estimate of drug-likeness (QED) is 0.620. The van der Waals surface area contributed by atoms with Gasteiger partial charge in [0, 0.05) is 0 Å². The molecule has 2 aliphatic heterocycles. The van der Waals surface area contributed by atoms with Gasteiger partial charge in [-0.3, -0.25) is 0 Å². The molecule has 0 N–H and O–H groups in total. The van der Waals surface area contributed by atoms with Crippen molar-refractivity contribution in [3.05, 3.63) is 24.0 Å². The SMILES string of the molecule is CC=CC1=C[C@H]2OC(C)(C)O[C@H]2O1. The molecule has 0 amide bonds. The van der Waals surface area contributed by atoms with Crippen molar-refractivity contribution in [3.8, 4) is 0 Å². The minimum Gasteiger partial charge on any atom is -0.462 e. The van der Waals surface area contributed by atoms with Crippen LogP contribution >= 0.6 is 0 Å². The van der Waals surface area contributed by atoms with Crippen molar-refractivity contribution in [3.63, 3.8) is 0 Å². The van der Waals surface area contributed by atoms with E-state index >= 15 is 0 Å². The highest BCUT2D eigenvalue weighted by atomic mass is 16.8. The van der Waals surface area contributed by atoms with Gasteiger partial charge in [0.25, 0.3) is 0 Å². The monoisotopic (exact) mass is 182 g/mol. The average Bonchev–Trinajstić information content (AvgIpc) is 2.41. The first-order valence-electron chi connectivity index (χ1n) is 4.47. The first-order chi connectivity index (χ1) is 6.11. The van der Waals surface area contributed by atoms with E-state index in [1.165, 1.54) is 0 Å². The maximum absolute atomic E-state index is 5.59. The summed E-state index contributed by atoms with van der Waals surface area (Å²) >= 11 is 0. The molecule has 0 aromatic rings. The van der Waals surface area contributed by atoms with Gasteiger partial charge in [0.2, 0.25) is 6.29 Å². The van der Waals surface area contributed by atoms with E-state index in [1.807, 2.05) is 39.0 Å². The summed E-state index contributed by atoms with van der Waals surface area (Å²) in [7, 11) is 0. The van der Waals surface area contributed by atoms with Crippen LogP contribution in [0.1, 0.15) is 20.8 Å². The molecule has 2 atom stereocenters. The zero-order valence-corrected chi connectivity index (χ0v) is 8.11. The van der Waals surface area contributed by atoms with Gasteiger partial charge < -0.3 is 14.2 Å². The van der Waals surface area contributed by atoms with Gasteiger partial charge in [-0.2, -0.15) is 0 Å². The molecular weight excluding hydrogens is 168 g/mol. The highest BCUT2D eigenvalue weighted by Crippen LogP contribution is 2.35. The second kappa shape index (κ2) is 2.86. The minimum absolute atomic E-state index is 0.0544. The molecular formula is C10H14O3. The van der Waals surface area contributed by atoms with Gasteiger partial charge >= 0.3 is 0 Å². The largest absolute Gasteiger partial charge is 0.462 e. The Kier molecular flexibility index (Phi) is 1.93. The molecule has 13 heavy (non-hydrogen) atoms. The molecule has 0 aliphatic carbocycles. The molecule has 3 nitrogen and oxygen atoms in total. The average molecular weight is 182 g/mol. The van der Waals surface area contributed by atoms with Crippen molar-refractivity contribution in [2.45, 2.75) is 39.0 Å². The third-order valence-electron chi connectivity index (χ3n) is 2.00. The fourth-order valence-corrected chi connectivity index (χ4v) is 1.56. The number of fused-ring (bicyclic) bond motifs is 1. The molecule has 2 heterocycles. The Morgan fingerprint density at radius 2 is 2.15 bits per heavy atom. The van der Waals surface area contributed by atoms with Crippen LogP contribution in [-0.2, 0) is 14.2 Å². The summed E-state index contributed by atoms with van der Waals surface area (Å²) in [5.74, 6) is 0.306. The van der Waals surface area contributed by atoms with Crippen LogP contribution < -0.4 is 0 Å². The normalized spacial score (nSPS) is 36.1. The summed E-state index contributed by atoms with van der Waals surface area (Å²) in [6, 6.07) is 0. The van der Waals surface area contributed by atoms with Gasteiger partial charge in [-0.05, 0) is 32.9 Å². The predicted octanol–water partition coefficient (Wildman–Crippen LogP) is 1.95. The van der Waals surface area contributed by atoms with Gasteiger partial charge in [-0.15, -0.1) is 0 Å². The van der Waals surface area contributed by atoms with Crippen LogP contribution in [0.5, 0.6) is 0 Å². The molecule has 1 saturated heterocycles. The van der Waals surface area contributed by atoms with Crippen LogP contribution in [0.4, 0.5) is 0 Å². The second-order valence-electron chi connectivity index (χ2n) is 3.66. The third-order valence-corrected chi connectivity index (χ3v) is 2.00. The number of allylic oxidation sites excluding steroid dienone is 2. The lowest BCUT2D eigenvalue weighted by Crippen LogP contribution is -2.22. The highest BCUT2D eigenvalue weighted by Gasteiger charge is 2.45. The Hall–Kier alpha value is -0.800. The molecule has 0 aromatic carbocycles. The standard InChI is InChI=1S/C10H14O3/c1-4-5-7-6-8-9(11-7)13-10(2,3)12-8/h4-6,8-9H,1-3H3/t8-,9-/m1/s1. The maximum Gasteiger partial charge on any atom is 0.232 e. The van der Waals surface area contributed by atoms with E-state index in [0.29, 0.717) is 0 Å². The number of hydrogen-bond acceptors (Lipinski definition) is 3. The smallest absolute Gasteiger partial charge is 0.232 e. The molecule has 0 saturated carbocycles. The Bertz CT molecular complexity index is 265. The lowest BCUT2D eigenvalue weighted by molar-refractivity contribution is -0.180. The Morgan fingerprint density at radius 1 is 1.38 bits per heavy atom. The summed E-state index contributed by atoms with van der Waals surface area (Å²) in [5, 5.41) is 0. The predicted molar refractivity (Wildman–Crippen MR) is 47.8 cm³/mol.